The summed E-state index contributed by atoms with van der Waals surface area (Å²) in [5.74, 6) is 0.884. The Balaban J connectivity index is 2.05. The number of aryl methyl sites for hydroxylation is 1. The van der Waals surface area contributed by atoms with E-state index in [4.69, 9.17) is 4.74 Å². The number of hydrogen-bond donors (Lipinski definition) is 1. The number of carbonyl (C=O) groups excluding carboxylic acids is 1. The largest absolute Gasteiger partial charge is 0.496 e. The molecule has 0 amide bonds. The minimum absolute atomic E-state index is 0.156. The van der Waals surface area contributed by atoms with Crippen LogP contribution in [0.15, 0.2) is 12.1 Å². The first-order chi connectivity index (χ1) is 8.63. The predicted molar refractivity (Wildman–Crippen MR) is 72.4 cm³/mol. The first-order valence-electron chi connectivity index (χ1n) is 6.54. The third-order valence-electron chi connectivity index (χ3n) is 3.54. The molecule has 1 N–H and O–H groups in total. The monoisotopic (exact) mass is 247 g/mol. The molecule has 3 heteroatoms. The molecule has 1 aromatic rings. The number of benzene rings is 1. The van der Waals surface area contributed by atoms with E-state index in [2.05, 4.69) is 5.32 Å². The molecule has 0 spiro atoms. The van der Waals surface area contributed by atoms with Crippen LogP contribution in [0.2, 0.25) is 0 Å². The molecule has 0 saturated heterocycles. The Hall–Kier alpha value is -1.35. The van der Waals surface area contributed by atoms with Crippen LogP contribution < -0.4 is 10.1 Å². The van der Waals surface area contributed by atoms with Gasteiger partial charge in [-0.3, -0.25) is 4.79 Å². The quantitative estimate of drug-likeness (QED) is 0.785. The zero-order valence-corrected chi connectivity index (χ0v) is 11.4. The summed E-state index contributed by atoms with van der Waals surface area (Å²) in [4.78, 5) is 12.2. The van der Waals surface area contributed by atoms with Crippen LogP contribution in [0.3, 0.4) is 0 Å². The van der Waals surface area contributed by atoms with E-state index in [1.54, 1.807) is 7.11 Å². The van der Waals surface area contributed by atoms with E-state index in [1.807, 2.05) is 26.0 Å². The lowest BCUT2D eigenvalue weighted by Gasteiger charge is -2.12. The number of methoxy groups -OCH3 is 1. The summed E-state index contributed by atoms with van der Waals surface area (Å²) in [6.45, 7) is 4.79. The van der Waals surface area contributed by atoms with Crippen molar-refractivity contribution < 1.29 is 9.53 Å². The van der Waals surface area contributed by atoms with Gasteiger partial charge in [-0.05, 0) is 43.9 Å². The van der Waals surface area contributed by atoms with E-state index in [-0.39, 0.29) is 5.78 Å². The zero-order valence-electron chi connectivity index (χ0n) is 11.4. The summed E-state index contributed by atoms with van der Waals surface area (Å²) in [5, 5.41) is 3.36. The molecule has 0 heterocycles. The van der Waals surface area contributed by atoms with Gasteiger partial charge in [0.1, 0.15) is 5.75 Å². The van der Waals surface area contributed by atoms with Crippen LogP contribution in [0, 0.1) is 13.8 Å². The van der Waals surface area contributed by atoms with Crippen LogP contribution in [-0.2, 0) is 0 Å². The summed E-state index contributed by atoms with van der Waals surface area (Å²) >= 11 is 0. The lowest BCUT2D eigenvalue weighted by atomic mass is 10.00. The van der Waals surface area contributed by atoms with E-state index in [0.717, 1.165) is 23.4 Å². The number of carbonyl (C=O) groups is 1. The lowest BCUT2D eigenvalue weighted by Crippen LogP contribution is -2.20. The Bertz CT molecular complexity index is 450. The third kappa shape index (κ3) is 2.91. The van der Waals surface area contributed by atoms with Gasteiger partial charge in [0.15, 0.2) is 5.78 Å². The van der Waals surface area contributed by atoms with Gasteiger partial charge in [0.05, 0.1) is 12.7 Å². The van der Waals surface area contributed by atoms with Crippen molar-refractivity contribution in [2.75, 3.05) is 13.7 Å². The SMILES string of the molecule is COc1c(C(=O)CCNC2CC2)ccc(C)c1C. The molecule has 1 aliphatic rings. The molecule has 0 unspecified atom stereocenters. The van der Waals surface area contributed by atoms with Crippen LogP contribution in [0.5, 0.6) is 5.75 Å². The highest BCUT2D eigenvalue weighted by Crippen LogP contribution is 2.27. The summed E-state index contributed by atoms with van der Waals surface area (Å²) in [5.41, 5.74) is 2.91. The van der Waals surface area contributed by atoms with Gasteiger partial charge in [-0.2, -0.15) is 0 Å². The van der Waals surface area contributed by atoms with E-state index in [0.29, 0.717) is 18.0 Å². The summed E-state index contributed by atoms with van der Waals surface area (Å²) in [6.07, 6.45) is 3.04. The highest BCUT2D eigenvalue weighted by Gasteiger charge is 2.21. The Morgan fingerprint density at radius 2 is 2.11 bits per heavy atom. The topological polar surface area (TPSA) is 38.3 Å². The molecule has 1 aromatic carbocycles. The van der Waals surface area contributed by atoms with Gasteiger partial charge in [0.2, 0.25) is 0 Å². The smallest absolute Gasteiger partial charge is 0.167 e. The van der Waals surface area contributed by atoms with Gasteiger partial charge in [0.25, 0.3) is 0 Å². The van der Waals surface area contributed by atoms with E-state index in [9.17, 15) is 4.79 Å². The van der Waals surface area contributed by atoms with Gasteiger partial charge in [0, 0.05) is 19.0 Å². The van der Waals surface area contributed by atoms with E-state index >= 15 is 0 Å². The van der Waals surface area contributed by atoms with Crippen molar-refractivity contribution in [3.8, 4) is 5.75 Å². The molecule has 0 aliphatic heterocycles. The number of nitrogens with one attached hydrogen (secondary N) is 1. The van der Waals surface area contributed by atoms with Gasteiger partial charge in [-0.25, -0.2) is 0 Å². The number of hydrogen-bond acceptors (Lipinski definition) is 3. The van der Waals surface area contributed by atoms with Gasteiger partial charge < -0.3 is 10.1 Å². The maximum absolute atomic E-state index is 12.2. The minimum Gasteiger partial charge on any atom is -0.496 e. The van der Waals surface area contributed by atoms with Crippen LogP contribution in [0.1, 0.15) is 40.7 Å². The van der Waals surface area contributed by atoms with Crippen LogP contribution >= 0.6 is 0 Å². The summed E-state index contributed by atoms with van der Waals surface area (Å²) < 4.78 is 5.38. The van der Waals surface area contributed by atoms with Crippen molar-refractivity contribution in [2.24, 2.45) is 0 Å². The molecule has 1 aliphatic carbocycles. The third-order valence-corrected chi connectivity index (χ3v) is 3.54. The normalized spacial score (nSPS) is 14.6. The molecule has 1 fully saturated rings. The van der Waals surface area contributed by atoms with Gasteiger partial charge in [-0.15, -0.1) is 0 Å². The Morgan fingerprint density at radius 1 is 1.39 bits per heavy atom. The lowest BCUT2D eigenvalue weighted by molar-refractivity contribution is 0.0979. The molecule has 18 heavy (non-hydrogen) atoms. The number of ether oxygens (including phenoxy) is 1. The molecule has 1 saturated carbocycles. The first kappa shape index (κ1) is 13.1. The fourth-order valence-electron chi connectivity index (χ4n) is 2.08. The molecule has 0 radical (unpaired) electrons. The second kappa shape index (κ2) is 5.53. The first-order valence-corrected chi connectivity index (χ1v) is 6.54. The van der Waals surface area contributed by atoms with Crippen molar-refractivity contribution in [3.05, 3.63) is 28.8 Å². The second-order valence-corrected chi connectivity index (χ2v) is 4.99. The van der Waals surface area contributed by atoms with Crippen LogP contribution in [0.4, 0.5) is 0 Å². The van der Waals surface area contributed by atoms with Crippen molar-refractivity contribution in [1.82, 2.24) is 5.32 Å². The maximum atomic E-state index is 12.2. The molecule has 0 bridgehead atoms. The van der Waals surface area contributed by atoms with Crippen LogP contribution in [0.25, 0.3) is 0 Å². The highest BCUT2D eigenvalue weighted by atomic mass is 16.5. The standard InChI is InChI=1S/C15H21NO2/c1-10-4-7-13(15(18-3)11(10)2)14(17)8-9-16-12-5-6-12/h4,7,12,16H,5-6,8-9H2,1-3H3. The Kier molecular flexibility index (Phi) is 4.02. The number of Topliss-reactive ketones (excluding diaryl/α,β-unsaturated/α-hetero) is 1. The summed E-state index contributed by atoms with van der Waals surface area (Å²) in [7, 11) is 1.63. The van der Waals surface area contributed by atoms with E-state index in [1.165, 1.54) is 12.8 Å². The number of rotatable bonds is 6. The fourth-order valence-corrected chi connectivity index (χ4v) is 2.08. The summed E-state index contributed by atoms with van der Waals surface area (Å²) in [6, 6.07) is 4.51. The average molecular weight is 247 g/mol. The second-order valence-electron chi connectivity index (χ2n) is 4.99. The maximum Gasteiger partial charge on any atom is 0.167 e. The van der Waals surface area contributed by atoms with Crippen molar-refractivity contribution in [2.45, 2.75) is 39.2 Å². The molecular weight excluding hydrogens is 226 g/mol. The molecular formula is C15H21NO2. The Labute approximate surface area is 109 Å². The van der Waals surface area contributed by atoms with E-state index < -0.39 is 0 Å². The predicted octanol–water partition coefficient (Wildman–Crippen LogP) is 2.64. The zero-order chi connectivity index (χ0) is 13.1. The molecule has 2 rings (SSSR count). The molecule has 0 atom stereocenters. The highest BCUT2D eigenvalue weighted by molar-refractivity contribution is 5.99. The van der Waals surface area contributed by atoms with Crippen molar-refractivity contribution >= 4 is 5.78 Å². The van der Waals surface area contributed by atoms with Crippen molar-refractivity contribution in [1.29, 1.82) is 0 Å². The number of ketones is 1. The molecule has 3 nitrogen and oxygen atoms in total. The Morgan fingerprint density at radius 3 is 2.72 bits per heavy atom. The van der Waals surface area contributed by atoms with Crippen LogP contribution in [-0.4, -0.2) is 25.5 Å². The average Bonchev–Trinajstić information content (AvgIpc) is 3.16. The van der Waals surface area contributed by atoms with Crippen molar-refractivity contribution in [3.63, 3.8) is 0 Å². The molecule has 0 aromatic heterocycles. The minimum atomic E-state index is 0.156. The van der Waals surface area contributed by atoms with Gasteiger partial charge in [-0.1, -0.05) is 6.07 Å². The van der Waals surface area contributed by atoms with Gasteiger partial charge >= 0.3 is 0 Å². The molecule has 98 valence electrons. The fraction of sp³-hybridized carbons (Fsp3) is 0.533.